The Morgan fingerprint density at radius 1 is 1.14 bits per heavy atom. The molecule has 118 valence electrons. The monoisotopic (exact) mass is 294 g/mol. The van der Waals surface area contributed by atoms with Crippen molar-refractivity contribution >= 4 is 17.8 Å². The van der Waals surface area contributed by atoms with E-state index in [9.17, 15) is 0 Å². The summed E-state index contributed by atoms with van der Waals surface area (Å²) < 4.78 is 0. The first-order valence-electron chi connectivity index (χ1n) is 7.83. The molecule has 0 unspecified atom stereocenters. The van der Waals surface area contributed by atoms with Crippen LogP contribution >= 0.6 is 0 Å². The van der Waals surface area contributed by atoms with E-state index in [1.165, 1.54) is 6.42 Å². The number of aliphatic hydroxyl groups excluding tert-OH is 1. The second kappa shape index (κ2) is 7.40. The van der Waals surface area contributed by atoms with Gasteiger partial charge in [0.25, 0.3) is 0 Å². The second-order valence-electron chi connectivity index (χ2n) is 5.32. The molecule has 0 radical (unpaired) electrons. The van der Waals surface area contributed by atoms with Gasteiger partial charge in [0.05, 0.1) is 0 Å². The Hall–Kier alpha value is -1.63. The van der Waals surface area contributed by atoms with Crippen LogP contribution in [0.2, 0.25) is 0 Å². The largest absolute Gasteiger partial charge is 0.396 e. The summed E-state index contributed by atoms with van der Waals surface area (Å²) in [4.78, 5) is 17.4. The highest BCUT2D eigenvalue weighted by Gasteiger charge is 2.27. The Morgan fingerprint density at radius 2 is 1.81 bits per heavy atom. The van der Waals surface area contributed by atoms with Gasteiger partial charge in [0.2, 0.25) is 17.8 Å². The Bertz CT molecular complexity index is 447. The van der Waals surface area contributed by atoms with E-state index < -0.39 is 0 Å². The maximum atomic E-state index is 9.10. The molecule has 0 bridgehead atoms. The summed E-state index contributed by atoms with van der Waals surface area (Å²) in [7, 11) is 0. The molecule has 1 aliphatic carbocycles. The maximum absolute atomic E-state index is 9.10. The van der Waals surface area contributed by atoms with Crippen molar-refractivity contribution in [3.8, 4) is 0 Å². The lowest BCUT2D eigenvalue weighted by molar-refractivity contribution is 0.282. The minimum atomic E-state index is 0.173. The molecular formula is C14H26N6O. The van der Waals surface area contributed by atoms with Gasteiger partial charge in [-0.1, -0.05) is 0 Å². The highest BCUT2D eigenvalue weighted by Crippen LogP contribution is 2.28. The fourth-order valence-electron chi connectivity index (χ4n) is 2.53. The fraction of sp³-hybridized carbons (Fsp3) is 0.786. The Morgan fingerprint density at radius 3 is 2.33 bits per heavy atom. The number of aliphatic hydroxyl groups is 1. The summed E-state index contributed by atoms with van der Waals surface area (Å²) in [5.74, 6) is 1.54. The summed E-state index contributed by atoms with van der Waals surface area (Å²) in [6.07, 6.45) is 4.25. The van der Waals surface area contributed by atoms with Crippen molar-refractivity contribution in [1.82, 2.24) is 15.0 Å². The maximum Gasteiger partial charge on any atom is 0.232 e. The van der Waals surface area contributed by atoms with Gasteiger partial charge in [-0.25, -0.2) is 0 Å². The third-order valence-electron chi connectivity index (χ3n) is 4.00. The first-order valence-corrected chi connectivity index (χ1v) is 7.83. The normalized spacial score (nSPS) is 14.8. The molecule has 7 nitrogen and oxygen atoms in total. The van der Waals surface area contributed by atoms with Crippen LogP contribution in [0, 0.1) is 0 Å². The molecule has 1 aliphatic rings. The molecule has 3 N–H and O–H groups in total. The number of hydrogen-bond acceptors (Lipinski definition) is 7. The summed E-state index contributed by atoms with van der Waals surface area (Å²) >= 11 is 0. The third-order valence-corrected chi connectivity index (χ3v) is 4.00. The standard InChI is InChI=1S/C14H26N6O/c1-3-19(4-2)13-16-12(15)17-14(18-13)20(9-6-10-21)11-7-5-8-11/h11,21H,3-10H2,1-2H3,(H2,15,16,17,18). The fourth-order valence-corrected chi connectivity index (χ4v) is 2.53. The number of anilines is 3. The van der Waals surface area contributed by atoms with Crippen LogP contribution in [0.15, 0.2) is 0 Å². The van der Waals surface area contributed by atoms with E-state index in [0.29, 0.717) is 24.4 Å². The number of nitrogens with two attached hydrogens (primary N) is 1. The van der Waals surface area contributed by atoms with Crippen molar-refractivity contribution in [3.05, 3.63) is 0 Å². The molecule has 2 rings (SSSR count). The van der Waals surface area contributed by atoms with Crippen molar-refractivity contribution in [2.24, 2.45) is 0 Å². The van der Waals surface area contributed by atoms with Gasteiger partial charge in [0.15, 0.2) is 0 Å². The van der Waals surface area contributed by atoms with E-state index in [4.69, 9.17) is 10.8 Å². The van der Waals surface area contributed by atoms with Gasteiger partial charge < -0.3 is 20.6 Å². The third kappa shape index (κ3) is 3.72. The molecule has 0 atom stereocenters. The predicted molar refractivity (Wildman–Crippen MR) is 84.5 cm³/mol. The van der Waals surface area contributed by atoms with E-state index in [2.05, 4.69) is 38.6 Å². The molecule has 0 saturated heterocycles. The zero-order valence-electron chi connectivity index (χ0n) is 13.0. The average molecular weight is 294 g/mol. The number of rotatable bonds is 8. The van der Waals surface area contributed by atoms with Crippen LogP contribution in [0.25, 0.3) is 0 Å². The number of nitrogens with zero attached hydrogens (tertiary/aromatic N) is 5. The second-order valence-corrected chi connectivity index (χ2v) is 5.32. The minimum absolute atomic E-state index is 0.173. The summed E-state index contributed by atoms with van der Waals surface area (Å²) in [6.45, 7) is 6.73. The topological polar surface area (TPSA) is 91.4 Å². The van der Waals surface area contributed by atoms with Crippen LogP contribution < -0.4 is 15.5 Å². The Kier molecular flexibility index (Phi) is 5.55. The first-order chi connectivity index (χ1) is 10.2. The van der Waals surface area contributed by atoms with Gasteiger partial charge in [-0.05, 0) is 39.5 Å². The van der Waals surface area contributed by atoms with E-state index in [-0.39, 0.29) is 12.6 Å². The van der Waals surface area contributed by atoms with Crippen molar-refractivity contribution in [1.29, 1.82) is 0 Å². The zero-order chi connectivity index (χ0) is 15.2. The smallest absolute Gasteiger partial charge is 0.232 e. The van der Waals surface area contributed by atoms with Crippen molar-refractivity contribution < 1.29 is 5.11 Å². The molecule has 21 heavy (non-hydrogen) atoms. The van der Waals surface area contributed by atoms with Gasteiger partial charge in [-0.3, -0.25) is 0 Å². The van der Waals surface area contributed by atoms with Gasteiger partial charge in [-0.15, -0.1) is 0 Å². The highest BCUT2D eigenvalue weighted by atomic mass is 16.3. The van der Waals surface area contributed by atoms with Crippen LogP contribution in [-0.4, -0.2) is 52.3 Å². The molecule has 1 aromatic heterocycles. The van der Waals surface area contributed by atoms with Crippen LogP contribution in [0.3, 0.4) is 0 Å². The lowest BCUT2D eigenvalue weighted by Crippen LogP contribution is -2.42. The summed E-state index contributed by atoms with van der Waals surface area (Å²) in [5.41, 5.74) is 5.87. The van der Waals surface area contributed by atoms with Crippen molar-refractivity contribution in [2.75, 3.05) is 41.8 Å². The highest BCUT2D eigenvalue weighted by molar-refractivity contribution is 5.44. The van der Waals surface area contributed by atoms with Crippen LogP contribution in [0.1, 0.15) is 39.5 Å². The van der Waals surface area contributed by atoms with Gasteiger partial charge in [0.1, 0.15) is 0 Å². The lowest BCUT2D eigenvalue weighted by atomic mass is 9.91. The molecule has 7 heteroatoms. The number of hydrogen-bond donors (Lipinski definition) is 2. The zero-order valence-corrected chi connectivity index (χ0v) is 13.0. The van der Waals surface area contributed by atoms with E-state index >= 15 is 0 Å². The molecule has 0 aliphatic heterocycles. The van der Waals surface area contributed by atoms with Crippen LogP contribution in [0.5, 0.6) is 0 Å². The Balaban J connectivity index is 2.26. The number of nitrogen functional groups attached to an aromatic ring is 1. The van der Waals surface area contributed by atoms with Crippen molar-refractivity contribution in [3.63, 3.8) is 0 Å². The van der Waals surface area contributed by atoms with Crippen molar-refractivity contribution in [2.45, 2.75) is 45.6 Å². The van der Waals surface area contributed by atoms with Crippen LogP contribution in [0.4, 0.5) is 17.8 Å². The van der Waals surface area contributed by atoms with Crippen LogP contribution in [-0.2, 0) is 0 Å². The molecular weight excluding hydrogens is 268 g/mol. The molecule has 0 aromatic carbocycles. The lowest BCUT2D eigenvalue weighted by Gasteiger charge is -2.37. The molecule has 0 amide bonds. The minimum Gasteiger partial charge on any atom is -0.396 e. The van der Waals surface area contributed by atoms with Gasteiger partial charge in [0, 0.05) is 32.3 Å². The van der Waals surface area contributed by atoms with E-state index in [1.54, 1.807) is 0 Å². The molecule has 0 spiro atoms. The van der Waals surface area contributed by atoms with E-state index in [0.717, 1.165) is 32.5 Å². The van der Waals surface area contributed by atoms with Gasteiger partial charge in [-0.2, -0.15) is 15.0 Å². The summed E-state index contributed by atoms with van der Waals surface area (Å²) in [5, 5.41) is 9.10. The Labute approximate surface area is 126 Å². The van der Waals surface area contributed by atoms with E-state index in [1.807, 2.05) is 0 Å². The molecule has 1 aromatic rings. The summed E-state index contributed by atoms with van der Waals surface area (Å²) in [6, 6.07) is 0.461. The molecule has 1 heterocycles. The average Bonchev–Trinajstić information content (AvgIpc) is 2.42. The molecule has 1 fully saturated rings. The van der Waals surface area contributed by atoms with Gasteiger partial charge >= 0.3 is 0 Å². The SMILES string of the molecule is CCN(CC)c1nc(N)nc(N(CCCO)C2CCC2)n1. The quantitative estimate of drug-likeness (QED) is 0.740. The predicted octanol–water partition coefficient (Wildman–Crippen LogP) is 1.04. The number of aromatic nitrogens is 3. The first kappa shape index (κ1) is 15.8. The molecule has 1 saturated carbocycles.